The van der Waals surface area contributed by atoms with Gasteiger partial charge in [0.25, 0.3) is 0 Å². The van der Waals surface area contributed by atoms with Crippen LogP contribution in [-0.4, -0.2) is 4.98 Å². The van der Waals surface area contributed by atoms with Crippen LogP contribution in [0.4, 0.5) is 0 Å². The zero-order valence-corrected chi connectivity index (χ0v) is 7.06. The molecule has 0 saturated heterocycles. The summed E-state index contributed by atoms with van der Waals surface area (Å²) in [7, 11) is 0. The minimum atomic E-state index is 0.0277. The van der Waals surface area contributed by atoms with Gasteiger partial charge in [0.1, 0.15) is 5.01 Å². The van der Waals surface area contributed by atoms with E-state index in [2.05, 4.69) is 4.98 Å². The molecule has 1 rings (SSSR count). The maximum atomic E-state index is 8.35. The van der Waals surface area contributed by atoms with E-state index >= 15 is 0 Å². The molecule has 0 aliphatic heterocycles. The van der Waals surface area contributed by atoms with Crippen molar-refractivity contribution >= 4 is 11.3 Å². The molecule has 0 saturated carbocycles. The molecule has 0 radical (unpaired) electrons. The maximum absolute atomic E-state index is 8.35. The van der Waals surface area contributed by atoms with E-state index in [1.807, 2.05) is 13.0 Å². The summed E-state index contributed by atoms with van der Waals surface area (Å²) in [6.45, 7) is 1.91. The summed E-state index contributed by atoms with van der Waals surface area (Å²) in [5.74, 6) is 0. The lowest BCUT2D eigenvalue weighted by molar-refractivity contribution is 0.835. The highest BCUT2D eigenvalue weighted by atomic mass is 32.1. The number of aromatic nitrogens is 1. The Kier molecular flexibility index (Phi) is 2.58. The van der Waals surface area contributed by atoms with E-state index in [1.54, 1.807) is 6.20 Å². The molecule has 0 amide bonds. The second kappa shape index (κ2) is 3.46. The third kappa shape index (κ3) is 2.00. The average Bonchev–Trinajstić information content (AvgIpc) is 2.37. The molecule has 1 atom stereocenters. The van der Waals surface area contributed by atoms with Gasteiger partial charge in [0.05, 0.1) is 12.5 Å². The van der Waals surface area contributed by atoms with Crippen molar-refractivity contribution in [2.75, 3.05) is 0 Å². The van der Waals surface area contributed by atoms with Gasteiger partial charge < -0.3 is 5.73 Å². The van der Waals surface area contributed by atoms with E-state index in [4.69, 9.17) is 11.0 Å². The molecule has 0 aliphatic carbocycles. The number of thiazole rings is 1. The molecule has 4 heteroatoms. The van der Waals surface area contributed by atoms with Crippen LogP contribution in [0, 0.1) is 11.3 Å². The van der Waals surface area contributed by atoms with E-state index in [-0.39, 0.29) is 6.04 Å². The second-order valence-corrected chi connectivity index (χ2v) is 3.43. The van der Waals surface area contributed by atoms with Crippen molar-refractivity contribution in [3.63, 3.8) is 0 Å². The van der Waals surface area contributed by atoms with Crippen molar-refractivity contribution in [3.8, 4) is 6.07 Å². The smallest absolute Gasteiger partial charge is 0.107 e. The highest BCUT2D eigenvalue weighted by Crippen LogP contribution is 2.18. The lowest BCUT2D eigenvalue weighted by Gasteiger charge is -1.95. The molecule has 3 nitrogen and oxygen atoms in total. The van der Waals surface area contributed by atoms with Crippen LogP contribution in [-0.2, 0) is 6.42 Å². The van der Waals surface area contributed by atoms with E-state index in [1.165, 1.54) is 11.3 Å². The van der Waals surface area contributed by atoms with Crippen molar-refractivity contribution in [3.05, 3.63) is 16.1 Å². The molecule has 0 spiro atoms. The van der Waals surface area contributed by atoms with Gasteiger partial charge in [0.2, 0.25) is 0 Å². The monoisotopic (exact) mass is 167 g/mol. The van der Waals surface area contributed by atoms with Gasteiger partial charge in [0, 0.05) is 17.1 Å². The molecule has 1 aromatic rings. The Bertz CT molecular complexity index is 271. The maximum Gasteiger partial charge on any atom is 0.107 e. The number of rotatable bonds is 2. The van der Waals surface area contributed by atoms with Gasteiger partial charge in [-0.3, -0.25) is 0 Å². The first-order chi connectivity index (χ1) is 5.24. The highest BCUT2D eigenvalue weighted by Gasteiger charge is 2.04. The van der Waals surface area contributed by atoms with Gasteiger partial charge in [-0.2, -0.15) is 5.26 Å². The van der Waals surface area contributed by atoms with Crippen molar-refractivity contribution in [2.24, 2.45) is 5.73 Å². The minimum Gasteiger partial charge on any atom is -0.323 e. The third-order valence-corrected chi connectivity index (χ3v) is 2.45. The van der Waals surface area contributed by atoms with Gasteiger partial charge in [-0.05, 0) is 6.92 Å². The predicted molar refractivity (Wildman–Crippen MR) is 44.0 cm³/mol. The van der Waals surface area contributed by atoms with Crippen LogP contribution in [0.3, 0.4) is 0 Å². The fourth-order valence-electron chi connectivity index (χ4n) is 0.684. The lowest BCUT2D eigenvalue weighted by atomic mass is 10.3. The molecular weight excluding hydrogens is 158 g/mol. The zero-order chi connectivity index (χ0) is 8.27. The summed E-state index contributed by atoms with van der Waals surface area (Å²) in [5.41, 5.74) is 5.61. The number of nitrogens with zero attached hydrogens (tertiary/aromatic N) is 2. The topological polar surface area (TPSA) is 62.7 Å². The Morgan fingerprint density at radius 2 is 2.64 bits per heavy atom. The first-order valence-electron chi connectivity index (χ1n) is 3.31. The van der Waals surface area contributed by atoms with E-state index in [0.29, 0.717) is 6.42 Å². The van der Waals surface area contributed by atoms with Crippen LogP contribution in [0.5, 0.6) is 0 Å². The quantitative estimate of drug-likeness (QED) is 0.720. The van der Waals surface area contributed by atoms with Gasteiger partial charge in [0.15, 0.2) is 0 Å². The fraction of sp³-hybridized carbons (Fsp3) is 0.429. The van der Waals surface area contributed by atoms with E-state index in [0.717, 1.165) is 9.88 Å². The van der Waals surface area contributed by atoms with Crippen molar-refractivity contribution in [2.45, 2.75) is 19.4 Å². The summed E-state index contributed by atoms with van der Waals surface area (Å²) in [5, 5.41) is 9.20. The Morgan fingerprint density at radius 3 is 3.09 bits per heavy atom. The number of nitriles is 1. The third-order valence-electron chi connectivity index (χ3n) is 1.25. The number of hydrogen-bond acceptors (Lipinski definition) is 4. The van der Waals surface area contributed by atoms with E-state index < -0.39 is 0 Å². The second-order valence-electron chi connectivity index (χ2n) is 2.28. The molecule has 58 valence electrons. The zero-order valence-electron chi connectivity index (χ0n) is 6.24. The minimum absolute atomic E-state index is 0.0277. The predicted octanol–water partition coefficient (Wildman–Crippen LogP) is 1.23. The lowest BCUT2D eigenvalue weighted by Crippen LogP contribution is -2.01. The van der Waals surface area contributed by atoms with Crippen LogP contribution in [0.15, 0.2) is 6.20 Å². The largest absolute Gasteiger partial charge is 0.323 e. The summed E-state index contributed by atoms with van der Waals surface area (Å²) in [6, 6.07) is 2.07. The molecule has 1 unspecified atom stereocenters. The first kappa shape index (κ1) is 8.18. The van der Waals surface area contributed by atoms with Gasteiger partial charge >= 0.3 is 0 Å². The molecule has 11 heavy (non-hydrogen) atoms. The summed E-state index contributed by atoms with van der Waals surface area (Å²) >= 11 is 1.51. The molecular formula is C7H9N3S. The SMILES string of the molecule is CC(N)c1cnc(CC#N)s1. The molecule has 1 heterocycles. The Morgan fingerprint density at radius 1 is 1.91 bits per heavy atom. The van der Waals surface area contributed by atoms with Crippen LogP contribution >= 0.6 is 11.3 Å². The first-order valence-corrected chi connectivity index (χ1v) is 4.13. The Labute approximate surface area is 69.5 Å². The summed E-state index contributed by atoms with van der Waals surface area (Å²) in [6.07, 6.45) is 2.12. The van der Waals surface area contributed by atoms with Crippen LogP contribution < -0.4 is 5.73 Å². The number of hydrogen-bond donors (Lipinski definition) is 1. The van der Waals surface area contributed by atoms with Crippen LogP contribution in [0.2, 0.25) is 0 Å². The molecule has 0 bridgehead atoms. The van der Waals surface area contributed by atoms with Gasteiger partial charge in [-0.25, -0.2) is 4.98 Å². The molecule has 1 aromatic heterocycles. The molecule has 0 aliphatic rings. The normalized spacial score (nSPS) is 12.5. The molecule has 2 N–H and O–H groups in total. The standard InChI is InChI=1S/C7H9N3S/c1-5(9)6-4-10-7(11-6)2-3-8/h4-5H,2,9H2,1H3. The van der Waals surface area contributed by atoms with Crippen molar-refractivity contribution < 1.29 is 0 Å². The molecule has 0 fully saturated rings. The molecule has 0 aromatic carbocycles. The van der Waals surface area contributed by atoms with Crippen LogP contribution in [0.1, 0.15) is 22.9 Å². The Hall–Kier alpha value is -0.920. The van der Waals surface area contributed by atoms with Gasteiger partial charge in [-0.1, -0.05) is 0 Å². The number of nitrogens with two attached hydrogens (primary N) is 1. The van der Waals surface area contributed by atoms with E-state index in [9.17, 15) is 0 Å². The van der Waals surface area contributed by atoms with Gasteiger partial charge in [-0.15, -0.1) is 11.3 Å². The Balaban J connectivity index is 2.75. The highest BCUT2D eigenvalue weighted by molar-refractivity contribution is 7.11. The van der Waals surface area contributed by atoms with Crippen molar-refractivity contribution in [1.82, 2.24) is 4.98 Å². The summed E-state index contributed by atoms with van der Waals surface area (Å²) < 4.78 is 0. The van der Waals surface area contributed by atoms with Crippen molar-refractivity contribution in [1.29, 1.82) is 5.26 Å². The summed E-state index contributed by atoms with van der Waals surface area (Å²) in [4.78, 5) is 5.08. The van der Waals surface area contributed by atoms with Crippen LogP contribution in [0.25, 0.3) is 0 Å². The fourth-order valence-corrected chi connectivity index (χ4v) is 1.49. The average molecular weight is 167 g/mol.